The largest absolute Gasteiger partial charge is 0.378 e. The maximum Gasteiger partial charge on any atom is 0.225 e. The van der Waals surface area contributed by atoms with E-state index in [9.17, 15) is 4.79 Å². The van der Waals surface area contributed by atoms with Gasteiger partial charge in [-0.25, -0.2) is 0 Å². The normalized spacial score (nSPS) is 18.9. The molecule has 0 bridgehead atoms. The second-order valence-electron chi connectivity index (χ2n) is 4.35. The lowest BCUT2D eigenvalue weighted by Crippen LogP contribution is -2.27. The number of anilines is 2. The van der Waals surface area contributed by atoms with Crippen molar-refractivity contribution in [2.75, 3.05) is 30.9 Å². The van der Waals surface area contributed by atoms with Crippen molar-refractivity contribution in [1.29, 1.82) is 0 Å². The summed E-state index contributed by atoms with van der Waals surface area (Å²) >= 11 is 0. The summed E-state index contributed by atoms with van der Waals surface area (Å²) in [5.74, 6) is 0.207. The summed E-state index contributed by atoms with van der Waals surface area (Å²) in [5.41, 5.74) is 8.81. The van der Waals surface area contributed by atoms with Gasteiger partial charge in [0.2, 0.25) is 5.91 Å². The van der Waals surface area contributed by atoms with E-state index in [1.54, 1.807) is 0 Å². The third kappa shape index (κ3) is 1.88. The average molecular weight is 219 g/mol. The van der Waals surface area contributed by atoms with Crippen LogP contribution < -0.4 is 16.0 Å². The molecule has 1 atom stereocenters. The number of hydrogen-bond donors (Lipinski definition) is 2. The molecule has 0 saturated heterocycles. The maximum absolute atomic E-state index is 11.5. The number of nitrogens with zero attached hydrogens (tertiary/aromatic N) is 1. The highest BCUT2D eigenvalue weighted by Gasteiger charge is 2.24. The van der Waals surface area contributed by atoms with Gasteiger partial charge in [-0.1, -0.05) is 6.07 Å². The van der Waals surface area contributed by atoms with E-state index in [1.807, 2.05) is 25.1 Å². The van der Waals surface area contributed by atoms with Gasteiger partial charge in [-0.05, 0) is 24.2 Å². The number of rotatable bonds is 2. The zero-order chi connectivity index (χ0) is 11.7. The van der Waals surface area contributed by atoms with E-state index < -0.39 is 0 Å². The van der Waals surface area contributed by atoms with Crippen molar-refractivity contribution in [1.82, 2.24) is 0 Å². The smallest absolute Gasteiger partial charge is 0.225 e. The second kappa shape index (κ2) is 4.14. The summed E-state index contributed by atoms with van der Waals surface area (Å²) in [6, 6.07) is 6.11. The predicted octanol–water partition coefficient (Wildman–Crippen LogP) is 1.14. The van der Waals surface area contributed by atoms with E-state index >= 15 is 0 Å². The minimum atomic E-state index is 0.0545. The molecule has 16 heavy (non-hydrogen) atoms. The fraction of sp³-hybridized carbons (Fsp3) is 0.417. The highest BCUT2D eigenvalue weighted by Crippen LogP contribution is 2.33. The van der Waals surface area contributed by atoms with E-state index in [1.165, 1.54) is 0 Å². The molecule has 1 aromatic rings. The van der Waals surface area contributed by atoms with Crippen molar-refractivity contribution in [2.45, 2.75) is 12.3 Å². The van der Waals surface area contributed by atoms with E-state index in [0.29, 0.717) is 13.0 Å². The molecule has 4 nitrogen and oxygen atoms in total. The topological polar surface area (TPSA) is 58.4 Å². The molecule has 0 aromatic heterocycles. The van der Waals surface area contributed by atoms with Gasteiger partial charge in [0, 0.05) is 37.8 Å². The molecule has 1 aliphatic heterocycles. The number of fused-ring (bicyclic) bond motifs is 1. The van der Waals surface area contributed by atoms with Crippen LogP contribution in [0.2, 0.25) is 0 Å². The standard InChI is InChI=1S/C12H17N3O/c1-15(2)9-3-4-10-8(7-13)5-12(16)14-11(10)6-9/h3-4,6,8H,5,7,13H2,1-2H3,(H,14,16). The van der Waals surface area contributed by atoms with Crippen LogP contribution >= 0.6 is 0 Å². The third-order valence-electron chi connectivity index (χ3n) is 2.98. The van der Waals surface area contributed by atoms with Gasteiger partial charge in [-0.2, -0.15) is 0 Å². The molecule has 1 heterocycles. The lowest BCUT2D eigenvalue weighted by atomic mass is 9.90. The zero-order valence-electron chi connectivity index (χ0n) is 9.66. The molecular weight excluding hydrogens is 202 g/mol. The summed E-state index contributed by atoms with van der Waals surface area (Å²) in [6.07, 6.45) is 0.491. The molecular formula is C12H17N3O. The van der Waals surface area contributed by atoms with Gasteiger partial charge in [-0.15, -0.1) is 0 Å². The molecule has 1 unspecified atom stereocenters. The SMILES string of the molecule is CN(C)c1ccc2c(c1)NC(=O)CC2CN. The quantitative estimate of drug-likeness (QED) is 0.784. The van der Waals surface area contributed by atoms with E-state index in [0.717, 1.165) is 16.9 Å². The lowest BCUT2D eigenvalue weighted by molar-refractivity contribution is -0.116. The van der Waals surface area contributed by atoms with Crippen molar-refractivity contribution < 1.29 is 4.79 Å². The molecule has 1 aromatic carbocycles. The highest BCUT2D eigenvalue weighted by atomic mass is 16.1. The van der Waals surface area contributed by atoms with Gasteiger partial charge in [0.1, 0.15) is 0 Å². The van der Waals surface area contributed by atoms with Crippen molar-refractivity contribution in [3.63, 3.8) is 0 Å². The molecule has 0 aliphatic carbocycles. The Bertz CT molecular complexity index is 415. The monoisotopic (exact) mass is 219 g/mol. The first-order valence-electron chi connectivity index (χ1n) is 5.43. The molecule has 0 radical (unpaired) electrons. The van der Waals surface area contributed by atoms with Gasteiger partial charge in [0.25, 0.3) is 0 Å². The molecule has 3 N–H and O–H groups in total. The molecule has 0 saturated carbocycles. The summed E-state index contributed by atoms with van der Waals surface area (Å²) in [7, 11) is 3.96. The molecule has 0 fully saturated rings. The second-order valence-corrected chi connectivity index (χ2v) is 4.35. The molecule has 1 amide bonds. The molecule has 86 valence electrons. The fourth-order valence-corrected chi connectivity index (χ4v) is 2.03. The first-order chi connectivity index (χ1) is 7.61. The Morgan fingerprint density at radius 2 is 2.25 bits per heavy atom. The Labute approximate surface area is 95.4 Å². The van der Waals surface area contributed by atoms with Crippen molar-refractivity contribution >= 4 is 17.3 Å². The van der Waals surface area contributed by atoms with Gasteiger partial charge >= 0.3 is 0 Å². The summed E-state index contributed by atoms with van der Waals surface area (Å²) in [4.78, 5) is 13.5. The first-order valence-corrected chi connectivity index (χ1v) is 5.43. The van der Waals surface area contributed by atoms with Crippen molar-refractivity contribution in [2.24, 2.45) is 5.73 Å². The Morgan fingerprint density at radius 1 is 1.50 bits per heavy atom. The number of nitrogens with one attached hydrogen (secondary N) is 1. The fourth-order valence-electron chi connectivity index (χ4n) is 2.03. The molecule has 2 rings (SSSR count). The van der Waals surface area contributed by atoms with Crippen LogP contribution in [-0.4, -0.2) is 26.5 Å². The van der Waals surface area contributed by atoms with Gasteiger partial charge < -0.3 is 16.0 Å². The Kier molecular flexibility index (Phi) is 2.83. The van der Waals surface area contributed by atoms with E-state index in [4.69, 9.17) is 5.73 Å². The van der Waals surface area contributed by atoms with Gasteiger partial charge in [-0.3, -0.25) is 4.79 Å². The van der Waals surface area contributed by atoms with Gasteiger partial charge in [0.15, 0.2) is 0 Å². The van der Waals surface area contributed by atoms with Crippen molar-refractivity contribution in [3.05, 3.63) is 23.8 Å². The van der Waals surface area contributed by atoms with Crippen LogP contribution in [0.4, 0.5) is 11.4 Å². The minimum Gasteiger partial charge on any atom is -0.378 e. The number of amides is 1. The van der Waals surface area contributed by atoms with Crippen LogP contribution in [0.25, 0.3) is 0 Å². The van der Waals surface area contributed by atoms with Crippen LogP contribution in [0, 0.1) is 0 Å². The van der Waals surface area contributed by atoms with Crippen molar-refractivity contribution in [3.8, 4) is 0 Å². The van der Waals surface area contributed by atoms with Crippen LogP contribution in [0.5, 0.6) is 0 Å². The number of nitrogens with two attached hydrogens (primary N) is 1. The predicted molar refractivity (Wildman–Crippen MR) is 65.8 cm³/mol. The van der Waals surface area contributed by atoms with Crippen LogP contribution in [0.3, 0.4) is 0 Å². The highest BCUT2D eigenvalue weighted by molar-refractivity contribution is 5.95. The summed E-state index contributed by atoms with van der Waals surface area (Å²) in [6.45, 7) is 0.516. The van der Waals surface area contributed by atoms with Crippen LogP contribution in [0.1, 0.15) is 17.9 Å². The number of carbonyl (C=O) groups excluding carboxylic acids is 1. The molecule has 1 aliphatic rings. The third-order valence-corrected chi connectivity index (χ3v) is 2.98. The van der Waals surface area contributed by atoms with E-state index in [2.05, 4.69) is 17.4 Å². The maximum atomic E-state index is 11.5. The molecule has 0 spiro atoms. The first kappa shape index (κ1) is 11.0. The summed E-state index contributed by atoms with van der Waals surface area (Å²) in [5, 5.41) is 2.90. The lowest BCUT2D eigenvalue weighted by Gasteiger charge is -2.26. The minimum absolute atomic E-state index is 0.0545. The Hall–Kier alpha value is -1.55. The van der Waals surface area contributed by atoms with Crippen LogP contribution in [-0.2, 0) is 4.79 Å². The Morgan fingerprint density at radius 3 is 2.88 bits per heavy atom. The number of benzene rings is 1. The molecule has 4 heteroatoms. The zero-order valence-corrected chi connectivity index (χ0v) is 9.66. The number of carbonyl (C=O) groups is 1. The average Bonchev–Trinajstić information content (AvgIpc) is 2.26. The van der Waals surface area contributed by atoms with Gasteiger partial charge in [0.05, 0.1) is 0 Å². The number of hydrogen-bond acceptors (Lipinski definition) is 3. The van der Waals surface area contributed by atoms with Crippen LogP contribution in [0.15, 0.2) is 18.2 Å². The summed E-state index contributed by atoms with van der Waals surface area (Å²) < 4.78 is 0. The Balaban J connectivity index is 2.42. The van der Waals surface area contributed by atoms with E-state index in [-0.39, 0.29) is 11.8 Å².